The highest BCUT2D eigenvalue weighted by molar-refractivity contribution is 6.34. The molecule has 0 fully saturated rings. The van der Waals surface area contributed by atoms with Crippen molar-refractivity contribution in [3.63, 3.8) is 0 Å². The Bertz CT molecular complexity index is 1790. The number of rotatable bonds is 3. The maximum absolute atomic E-state index is 6.50. The zero-order valence-electron chi connectivity index (χ0n) is 18.6. The molecule has 0 unspecified atom stereocenters. The SMILES string of the molecule is Clc1ccnc2c1nc(-c1ccc(-n3c4ccccc4c4ccccc43)cc1)n2-c1ccccc1. The van der Waals surface area contributed by atoms with Crippen LogP contribution in [0, 0.1) is 0 Å². The second-order valence-electron chi connectivity index (χ2n) is 8.49. The highest BCUT2D eigenvalue weighted by Gasteiger charge is 2.18. The van der Waals surface area contributed by atoms with Gasteiger partial charge in [-0.25, -0.2) is 9.97 Å². The van der Waals surface area contributed by atoms with E-state index < -0.39 is 0 Å². The van der Waals surface area contributed by atoms with Crippen LogP contribution in [0.1, 0.15) is 0 Å². The lowest BCUT2D eigenvalue weighted by molar-refractivity contribution is 1.08. The van der Waals surface area contributed by atoms with Crippen molar-refractivity contribution in [2.45, 2.75) is 0 Å². The monoisotopic (exact) mass is 470 g/mol. The van der Waals surface area contributed by atoms with E-state index in [-0.39, 0.29) is 0 Å². The highest BCUT2D eigenvalue weighted by atomic mass is 35.5. The first-order valence-electron chi connectivity index (χ1n) is 11.5. The van der Waals surface area contributed by atoms with Crippen LogP contribution < -0.4 is 0 Å². The van der Waals surface area contributed by atoms with Gasteiger partial charge in [0.2, 0.25) is 0 Å². The minimum atomic E-state index is 0.591. The van der Waals surface area contributed by atoms with Crippen LogP contribution in [0.25, 0.3) is 55.7 Å². The third kappa shape index (κ3) is 3.07. The van der Waals surface area contributed by atoms with Gasteiger partial charge in [0.1, 0.15) is 11.3 Å². The predicted octanol–water partition coefficient (Wildman–Crippen LogP) is 7.84. The van der Waals surface area contributed by atoms with Gasteiger partial charge in [-0.05, 0) is 54.6 Å². The molecule has 166 valence electrons. The lowest BCUT2D eigenvalue weighted by atomic mass is 10.1. The smallest absolute Gasteiger partial charge is 0.166 e. The maximum Gasteiger partial charge on any atom is 0.166 e. The Morgan fingerprint density at radius 1 is 0.571 bits per heavy atom. The van der Waals surface area contributed by atoms with E-state index in [1.807, 2.05) is 18.2 Å². The number of fused-ring (bicyclic) bond motifs is 4. The second-order valence-corrected chi connectivity index (χ2v) is 8.90. The van der Waals surface area contributed by atoms with Crippen molar-refractivity contribution in [3.05, 3.63) is 120 Å². The zero-order valence-corrected chi connectivity index (χ0v) is 19.4. The first-order chi connectivity index (χ1) is 17.3. The van der Waals surface area contributed by atoms with Crippen molar-refractivity contribution in [2.24, 2.45) is 0 Å². The van der Waals surface area contributed by atoms with Crippen molar-refractivity contribution in [1.82, 2.24) is 19.1 Å². The molecule has 7 rings (SSSR count). The summed E-state index contributed by atoms with van der Waals surface area (Å²) in [6.45, 7) is 0. The van der Waals surface area contributed by atoms with Crippen LogP contribution in [0.5, 0.6) is 0 Å². The molecule has 35 heavy (non-hydrogen) atoms. The predicted molar refractivity (Wildman–Crippen MR) is 144 cm³/mol. The van der Waals surface area contributed by atoms with Crippen molar-refractivity contribution in [3.8, 4) is 22.8 Å². The zero-order chi connectivity index (χ0) is 23.4. The summed E-state index contributed by atoms with van der Waals surface area (Å²) in [7, 11) is 0. The van der Waals surface area contributed by atoms with Gasteiger partial charge in [0, 0.05) is 33.9 Å². The summed E-state index contributed by atoms with van der Waals surface area (Å²) in [6, 6.07) is 37.5. The number of hydrogen-bond acceptors (Lipinski definition) is 2. The standard InChI is InChI=1S/C30H19ClN4/c31-25-18-19-32-30-28(25)33-29(35(30)21-8-2-1-3-9-21)20-14-16-22(17-15-20)34-26-12-6-4-10-23(26)24-11-5-7-13-27(24)34/h1-19H. The molecule has 0 spiro atoms. The van der Waals surface area contributed by atoms with E-state index >= 15 is 0 Å². The van der Waals surface area contributed by atoms with Gasteiger partial charge in [-0.1, -0.05) is 66.2 Å². The molecule has 0 saturated heterocycles. The average Bonchev–Trinajstić information content (AvgIpc) is 3.47. The fourth-order valence-electron chi connectivity index (χ4n) is 4.92. The van der Waals surface area contributed by atoms with Gasteiger partial charge < -0.3 is 4.57 Å². The molecule has 0 N–H and O–H groups in total. The van der Waals surface area contributed by atoms with E-state index in [9.17, 15) is 0 Å². The van der Waals surface area contributed by atoms with Gasteiger partial charge in [-0.2, -0.15) is 0 Å². The fraction of sp³-hybridized carbons (Fsp3) is 0. The third-order valence-electron chi connectivity index (χ3n) is 6.48. The summed E-state index contributed by atoms with van der Waals surface area (Å²) in [5, 5.41) is 3.09. The number of para-hydroxylation sites is 3. The summed E-state index contributed by atoms with van der Waals surface area (Å²) in [6.07, 6.45) is 1.72. The van der Waals surface area contributed by atoms with Crippen LogP contribution in [-0.4, -0.2) is 19.1 Å². The third-order valence-corrected chi connectivity index (χ3v) is 6.78. The van der Waals surface area contributed by atoms with Crippen LogP contribution in [0.15, 0.2) is 115 Å². The molecule has 7 aromatic rings. The van der Waals surface area contributed by atoms with Crippen molar-refractivity contribution >= 4 is 44.6 Å². The Kier molecular flexibility index (Phi) is 4.47. The van der Waals surface area contributed by atoms with Crippen LogP contribution in [0.2, 0.25) is 5.02 Å². The maximum atomic E-state index is 6.50. The Hall–Kier alpha value is -4.41. The van der Waals surface area contributed by atoms with Gasteiger partial charge >= 0.3 is 0 Å². The first kappa shape index (κ1) is 20.0. The number of pyridine rings is 1. The van der Waals surface area contributed by atoms with Gasteiger partial charge in [0.05, 0.1) is 16.1 Å². The molecule has 0 radical (unpaired) electrons. The molecule has 0 atom stereocenters. The number of imidazole rings is 1. The number of benzene rings is 4. The van der Waals surface area contributed by atoms with Gasteiger partial charge in [-0.3, -0.25) is 4.57 Å². The molecule has 0 bridgehead atoms. The summed E-state index contributed by atoms with van der Waals surface area (Å²) in [5.74, 6) is 0.806. The topological polar surface area (TPSA) is 35.6 Å². The summed E-state index contributed by atoms with van der Waals surface area (Å²) in [5.41, 5.74) is 6.90. The molecule has 5 heteroatoms. The summed E-state index contributed by atoms with van der Waals surface area (Å²) in [4.78, 5) is 9.52. The average molecular weight is 471 g/mol. The Labute approximate surface area is 206 Å². The normalized spacial score (nSPS) is 11.6. The summed E-state index contributed by atoms with van der Waals surface area (Å²) >= 11 is 6.50. The Morgan fingerprint density at radius 3 is 1.86 bits per heavy atom. The molecule has 3 heterocycles. The van der Waals surface area contributed by atoms with Crippen LogP contribution in [-0.2, 0) is 0 Å². The van der Waals surface area contributed by atoms with E-state index in [2.05, 4.69) is 99.0 Å². The van der Waals surface area contributed by atoms with E-state index in [0.717, 1.165) is 28.4 Å². The molecule has 4 aromatic carbocycles. The minimum absolute atomic E-state index is 0.591. The molecule has 0 aliphatic rings. The van der Waals surface area contributed by atoms with Crippen molar-refractivity contribution < 1.29 is 0 Å². The molecule has 0 amide bonds. The van der Waals surface area contributed by atoms with Crippen LogP contribution in [0.3, 0.4) is 0 Å². The van der Waals surface area contributed by atoms with E-state index in [4.69, 9.17) is 16.6 Å². The molecule has 0 aliphatic heterocycles. The van der Waals surface area contributed by atoms with Gasteiger partial charge in [-0.15, -0.1) is 0 Å². The lowest BCUT2D eigenvalue weighted by Crippen LogP contribution is -1.99. The Morgan fingerprint density at radius 2 is 1.17 bits per heavy atom. The van der Waals surface area contributed by atoms with E-state index in [1.54, 1.807) is 12.3 Å². The molecule has 3 aromatic heterocycles. The number of aromatic nitrogens is 4. The molecule has 0 saturated carbocycles. The number of nitrogens with zero attached hydrogens (tertiary/aromatic N) is 4. The van der Waals surface area contributed by atoms with Gasteiger partial charge in [0.25, 0.3) is 0 Å². The number of hydrogen-bond donors (Lipinski definition) is 0. The highest BCUT2D eigenvalue weighted by Crippen LogP contribution is 2.34. The first-order valence-corrected chi connectivity index (χ1v) is 11.8. The molecule has 4 nitrogen and oxygen atoms in total. The second kappa shape index (κ2) is 7.83. The summed E-state index contributed by atoms with van der Waals surface area (Å²) < 4.78 is 4.38. The number of halogens is 1. The van der Waals surface area contributed by atoms with Crippen LogP contribution in [0.4, 0.5) is 0 Å². The fourth-order valence-corrected chi connectivity index (χ4v) is 5.10. The largest absolute Gasteiger partial charge is 0.309 e. The van der Waals surface area contributed by atoms with Crippen molar-refractivity contribution in [2.75, 3.05) is 0 Å². The minimum Gasteiger partial charge on any atom is -0.309 e. The lowest BCUT2D eigenvalue weighted by Gasteiger charge is -2.11. The van der Waals surface area contributed by atoms with E-state index in [1.165, 1.54) is 21.8 Å². The quantitative estimate of drug-likeness (QED) is 0.263. The van der Waals surface area contributed by atoms with Gasteiger partial charge in [0.15, 0.2) is 5.65 Å². The van der Waals surface area contributed by atoms with E-state index in [0.29, 0.717) is 10.5 Å². The molecule has 0 aliphatic carbocycles. The molecular weight excluding hydrogens is 452 g/mol. The van der Waals surface area contributed by atoms with Crippen LogP contribution >= 0.6 is 11.6 Å². The Balaban J connectivity index is 1.43. The van der Waals surface area contributed by atoms with Crippen molar-refractivity contribution in [1.29, 1.82) is 0 Å². The molecular formula is C30H19ClN4.